The number of benzene rings is 1. The molecular formula is C29H44N2O8Si2. The van der Waals surface area contributed by atoms with Gasteiger partial charge in [0.2, 0.25) is 5.88 Å². The van der Waals surface area contributed by atoms with Crippen LogP contribution in [0.5, 0.6) is 0 Å². The number of hydrogen-bond donors (Lipinski definition) is 1. The second kappa shape index (κ2) is 12.4. The van der Waals surface area contributed by atoms with Crippen LogP contribution >= 0.6 is 0 Å². The fourth-order valence-corrected chi connectivity index (χ4v) is 16.9. The van der Waals surface area contributed by atoms with Crippen LogP contribution < -0.4 is 11.2 Å². The van der Waals surface area contributed by atoms with Gasteiger partial charge in [0.1, 0.15) is 12.8 Å². The third-order valence-corrected chi connectivity index (χ3v) is 18.3. The average molecular weight is 605 g/mol. The molecule has 1 N–H and O–H groups in total. The Morgan fingerprint density at radius 2 is 1.54 bits per heavy atom. The summed E-state index contributed by atoms with van der Waals surface area (Å²) in [4.78, 5) is 26.1. The zero-order valence-electron chi connectivity index (χ0n) is 25.3. The molecule has 4 rings (SSSR count). The summed E-state index contributed by atoms with van der Waals surface area (Å²) in [6.07, 6.45) is -0.268. The van der Waals surface area contributed by atoms with E-state index in [1.807, 2.05) is 30.3 Å². The lowest BCUT2D eigenvalue weighted by atomic mass is 10.2. The minimum atomic E-state index is -3.02. The summed E-state index contributed by atoms with van der Waals surface area (Å²) in [7, 11) is -5.83. The van der Waals surface area contributed by atoms with Gasteiger partial charge < -0.3 is 27.5 Å². The smallest absolute Gasteiger partial charge is 0.339 e. The molecule has 10 nitrogen and oxygen atoms in total. The number of aromatic nitrogens is 2. The number of aliphatic hydroxyl groups is 1. The van der Waals surface area contributed by atoms with Crippen molar-refractivity contribution in [1.29, 1.82) is 0 Å². The molecule has 0 saturated carbocycles. The van der Waals surface area contributed by atoms with Crippen molar-refractivity contribution >= 4 is 23.0 Å². The van der Waals surface area contributed by atoms with Crippen LogP contribution in [-0.4, -0.2) is 50.2 Å². The van der Waals surface area contributed by atoms with E-state index in [0.29, 0.717) is 0 Å². The summed E-state index contributed by atoms with van der Waals surface area (Å²) in [6.45, 7) is 17.0. The molecule has 226 valence electrons. The Bertz CT molecular complexity index is 1340. The van der Waals surface area contributed by atoms with Gasteiger partial charge in [0, 0.05) is 12.3 Å². The molecule has 1 aromatic carbocycles. The fraction of sp³-hybridized carbons (Fsp3) is 0.586. The van der Waals surface area contributed by atoms with Gasteiger partial charge in [-0.25, -0.2) is 13.9 Å². The number of rotatable bonds is 9. The van der Waals surface area contributed by atoms with Gasteiger partial charge in [-0.2, -0.15) is 0 Å². The zero-order valence-corrected chi connectivity index (χ0v) is 27.3. The Hall–Kier alpha value is -2.49. The van der Waals surface area contributed by atoms with Gasteiger partial charge >= 0.3 is 22.8 Å². The van der Waals surface area contributed by atoms with Crippen LogP contribution in [0.1, 0.15) is 61.0 Å². The number of nitrogens with zero attached hydrogens (tertiary/aromatic N) is 2. The number of aliphatic hydroxyl groups excluding tert-OH is 1. The highest BCUT2D eigenvalue weighted by molar-refractivity contribution is 6.84. The first-order chi connectivity index (χ1) is 19.3. The summed E-state index contributed by atoms with van der Waals surface area (Å²) in [5.41, 5.74) is 0.107. The van der Waals surface area contributed by atoms with Gasteiger partial charge in [0.05, 0.1) is 13.2 Å². The lowest BCUT2D eigenvalue weighted by Gasteiger charge is -2.51. The fourth-order valence-electron chi connectivity index (χ4n) is 5.74. The maximum atomic E-state index is 13.5. The molecule has 0 aliphatic carbocycles. The topological polar surface area (TPSA) is 110 Å². The average Bonchev–Trinajstić information content (AvgIpc) is 3.20. The number of ether oxygens (including phenoxy) is 2. The first-order valence-electron chi connectivity index (χ1n) is 14.4. The summed E-state index contributed by atoms with van der Waals surface area (Å²) in [6, 6.07) is 10.7. The normalized spacial score (nSPS) is 22.2. The second-order valence-corrected chi connectivity index (χ2v) is 20.9. The lowest BCUT2D eigenvalue weighted by molar-refractivity contribution is -0.0142. The highest BCUT2D eigenvalue weighted by Gasteiger charge is 2.60. The van der Waals surface area contributed by atoms with E-state index in [0.717, 1.165) is 14.7 Å². The zero-order chi connectivity index (χ0) is 30.1. The van der Waals surface area contributed by atoms with E-state index in [4.69, 9.17) is 22.4 Å². The van der Waals surface area contributed by atoms with Gasteiger partial charge in [-0.3, -0.25) is 4.79 Å². The quantitative estimate of drug-likeness (QED) is 0.388. The molecule has 12 heteroatoms. The van der Waals surface area contributed by atoms with E-state index >= 15 is 0 Å². The van der Waals surface area contributed by atoms with Crippen molar-refractivity contribution in [2.24, 2.45) is 0 Å². The van der Waals surface area contributed by atoms with Crippen LogP contribution in [0.15, 0.2) is 57.9 Å². The number of hydrogen-bond acceptors (Lipinski definition) is 8. The van der Waals surface area contributed by atoms with Gasteiger partial charge in [-0.05, 0) is 27.7 Å². The predicted molar refractivity (Wildman–Crippen MR) is 161 cm³/mol. The Labute approximate surface area is 244 Å². The van der Waals surface area contributed by atoms with Crippen molar-refractivity contribution in [3.8, 4) is 0 Å². The molecule has 0 radical (unpaired) electrons. The minimum absolute atomic E-state index is 0.0532. The van der Waals surface area contributed by atoms with Crippen LogP contribution in [0.4, 0.5) is 0 Å². The monoisotopic (exact) mass is 604 g/mol. The van der Waals surface area contributed by atoms with Crippen LogP contribution in [0.3, 0.4) is 0 Å². The highest BCUT2D eigenvalue weighted by Crippen LogP contribution is 2.48. The lowest BCUT2D eigenvalue weighted by Crippen LogP contribution is -2.65. The van der Waals surface area contributed by atoms with Crippen molar-refractivity contribution in [2.75, 3.05) is 6.61 Å². The predicted octanol–water partition coefficient (Wildman–Crippen LogP) is 5.22. The molecule has 2 aliphatic rings. The van der Waals surface area contributed by atoms with E-state index in [1.54, 1.807) is 0 Å². The summed E-state index contributed by atoms with van der Waals surface area (Å²) in [5.74, 6) is -0.301. The third-order valence-electron chi connectivity index (χ3n) is 8.03. The molecule has 1 aromatic heterocycles. The molecule has 1 saturated heterocycles. The molecule has 0 bridgehead atoms. The minimum Gasteiger partial charge on any atom is -0.505 e. The van der Waals surface area contributed by atoms with Crippen LogP contribution in [0, 0.1) is 0 Å². The van der Waals surface area contributed by atoms with Crippen molar-refractivity contribution in [2.45, 2.75) is 103 Å². The SMILES string of the molecule is CC(C)[Si]1(C(C)C)OC[C@H]2OC(n3ccc(=O)n(COCc4ccccc4)c3=O)=C(O)[C@@H]2O[Si](C(C)C)(C(C)C)O1. The van der Waals surface area contributed by atoms with Gasteiger partial charge in [0.25, 0.3) is 5.56 Å². The summed E-state index contributed by atoms with van der Waals surface area (Å²) < 4.78 is 34.7. The summed E-state index contributed by atoms with van der Waals surface area (Å²) in [5, 5.41) is 11.5. The molecule has 3 heterocycles. The van der Waals surface area contributed by atoms with Crippen LogP contribution in [0.2, 0.25) is 22.2 Å². The van der Waals surface area contributed by atoms with Crippen molar-refractivity contribution in [3.63, 3.8) is 0 Å². The van der Waals surface area contributed by atoms with E-state index < -0.39 is 40.6 Å². The van der Waals surface area contributed by atoms with Crippen molar-refractivity contribution < 1.29 is 27.5 Å². The summed E-state index contributed by atoms with van der Waals surface area (Å²) >= 11 is 0. The first kappa shape index (κ1) is 31.4. The van der Waals surface area contributed by atoms with Crippen LogP contribution in [0.25, 0.3) is 5.88 Å². The molecule has 2 atom stereocenters. The molecule has 2 aromatic rings. The molecule has 0 amide bonds. The van der Waals surface area contributed by atoms with Gasteiger partial charge in [0.15, 0.2) is 11.9 Å². The molecule has 41 heavy (non-hydrogen) atoms. The Morgan fingerprint density at radius 1 is 0.927 bits per heavy atom. The van der Waals surface area contributed by atoms with Gasteiger partial charge in [-0.15, -0.1) is 0 Å². The maximum Gasteiger partial charge on any atom is 0.339 e. The van der Waals surface area contributed by atoms with Gasteiger partial charge in [-0.1, -0.05) is 85.7 Å². The first-order valence-corrected chi connectivity index (χ1v) is 18.3. The van der Waals surface area contributed by atoms with Crippen molar-refractivity contribution in [1.82, 2.24) is 9.13 Å². The Balaban J connectivity index is 1.70. The third kappa shape index (κ3) is 5.90. The Kier molecular flexibility index (Phi) is 9.51. The van der Waals surface area contributed by atoms with E-state index in [2.05, 4.69) is 55.4 Å². The molecule has 1 fully saturated rings. The Morgan fingerprint density at radius 3 is 2.12 bits per heavy atom. The van der Waals surface area contributed by atoms with E-state index in [9.17, 15) is 14.7 Å². The van der Waals surface area contributed by atoms with E-state index in [-0.39, 0.29) is 53.8 Å². The standard InChI is InChI=1S/C29H44N2O8Si2/c1-19(2)40(20(3)4)36-17-24-27(38-41(39-40,21(5)6)22(7)8)26(33)28(37-24)30-15-14-25(32)31(29(30)34)18-35-16-23-12-10-9-11-13-23/h9-15,19-22,24,27,33H,16-18H2,1-8H3/t24-,27-/m1/s1. The molecular weight excluding hydrogens is 560 g/mol. The highest BCUT2D eigenvalue weighted by atomic mass is 28.5. The molecule has 0 spiro atoms. The molecule has 0 unspecified atom stereocenters. The van der Waals surface area contributed by atoms with E-state index in [1.165, 1.54) is 12.3 Å². The van der Waals surface area contributed by atoms with Crippen LogP contribution in [-0.2, 0) is 35.8 Å². The largest absolute Gasteiger partial charge is 0.505 e. The molecule has 2 aliphatic heterocycles. The van der Waals surface area contributed by atoms with Crippen molar-refractivity contribution in [3.05, 3.63) is 74.8 Å². The number of fused-ring (bicyclic) bond motifs is 1. The second-order valence-electron chi connectivity index (χ2n) is 12.1. The maximum absolute atomic E-state index is 13.5.